The monoisotopic (exact) mass is 338 g/mol. The number of piperidine rings is 1. The molecule has 3 rings (SSSR count). The summed E-state index contributed by atoms with van der Waals surface area (Å²) < 4.78 is 5.32. The molecule has 0 spiro atoms. The normalized spacial score (nSPS) is 22.0. The lowest BCUT2D eigenvalue weighted by Crippen LogP contribution is -2.44. The summed E-state index contributed by atoms with van der Waals surface area (Å²) in [5, 5.41) is 5.57. The molecule has 6 nitrogen and oxygen atoms in total. The molecular weight excluding hydrogens is 312 g/mol. The number of aromatic nitrogens is 1. The van der Waals surface area contributed by atoms with Crippen LogP contribution in [-0.4, -0.2) is 48.1 Å². The number of anilines is 1. The fraction of sp³-hybridized carbons (Fsp3) is 0.750. The lowest BCUT2D eigenvalue weighted by molar-refractivity contribution is -0.119. The van der Waals surface area contributed by atoms with Crippen LogP contribution in [-0.2, 0) is 16.1 Å². The third-order valence-electron chi connectivity index (χ3n) is 4.69. The fourth-order valence-electron chi connectivity index (χ4n) is 3.26. The summed E-state index contributed by atoms with van der Waals surface area (Å²) in [7, 11) is 0. The van der Waals surface area contributed by atoms with Gasteiger partial charge in [-0.2, -0.15) is 0 Å². The average Bonchev–Trinajstić information content (AvgIpc) is 3.02. The van der Waals surface area contributed by atoms with Crippen LogP contribution in [0.5, 0.6) is 0 Å². The summed E-state index contributed by atoms with van der Waals surface area (Å²) in [6.45, 7) is 4.56. The van der Waals surface area contributed by atoms with Crippen molar-refractivity contribution in [1.29, 1.82) is 0 Å². The van der Waals surface area contributed by atoms with Crippen LogP contribution in [0.25, 0.3) is 0 Å². The van der Waals surface area contributed by atoms with E-state index in [1.807, 2.05) is 5.38 Å². The Kier molecular flexibility index (Phi) is 5.99. The molecule has 7 heteroatoms. The minimum Gasteiger partial charge on any atom is -0.381 e. The smallest absolute Gasteiger partial charge is 0.243 e. The SMILES string of the molecule is NC(C(=O)Nc1nc(CN2CCCCC2)cs1)C1CCOCC1. The minimum absolute atomic E-state index is 0.129. The Hall–Kier alpha value is -1.02. The number of likely N-dealkylation sites (tertiary alicyclic amines) is 1. The second-order valence-corrected chi connectivity index (χ2v) is 7.30. The van der Waals surface area contributed by atoms with Crippen molar-refractivity contribution >= 4 is 22.4 Å². The summed E-state index contributed by atoms with van der Waals surface area (Å²) in [6.07, 6.45) is 5.58. The Morgan fingerprint density at radius 3 is 2.87 bits per heavy atom. The summed E-state index contributed by atoms with van der Waals surface area (Å²) in [4.78, 5) is 19.3. The van der Waals surface area contributed by atoms with Gasteiger partial charge in [-0.1, -0.05) is 6.42 Å². The first-order valence-corrected chi connectivity index (χ1v) is 9.41. The molecule has 128 valence electrons. The van der Waals surface area contributed by atoms with Crippen LogP contribution in [0, 0.1) is 5.92 Å². The Labute approximate surface area is 141 Å². The van der Waals surface area contributed by atoms with Crippen molar-refractivity contribution in [1.82, 2.24) is 9.88 Å². The van der Waals surface area contributed by atoms with Crippen molar-refractivity contribution in [3.8, 4) is 0 Å². The predicted molar refractivity (Wildman–Crippen MR) is 91.4 cm³/mol. The number of hydrogen-bond acceptors (Lipinski definition) is 6. The van der Waals surface area contributed by atoms with Gasteiger partial charge in [0, 0.05) is 25.1 Å². The number of amides is 1. The quantitative estimate of drug-likeness (QED) is 0.856. The van der Waals surface area contributed by atoms with E-state index in [1.54, 1.807) is 0 Å². The molecule has 1 atom stereocenters. The van der Waals surface area contributed by atoms with Crippen molar-refractivity contribution in [2.24, 2.45) is 11.7 Å². The number of carbonyl (C=O) groups is 1. The highest BCUT2D eigenvalue weighted by molar-refractivity contribution is 7.13. The zero-order valence-corrected chi connectivity index (χ0v) is 14.3. The van der Waals surface area contributed by atoms with Crippen molar-refractivity contribution in [2.75, 3.05) is 31.6 Å². The van der Waals surface area contributed by atoms with Crippen LogP contribution >= 0.6 is 11.3 Å². The molecule has 23 heavy (non-hydrogen) atoms. The van der Waals surface area contributed by atoms with Gasteiger partial charge in [0.15, 0.2) is 5.13 Å². The molecule has 2 aliphatic heterocycles. The Bertz CT molecular complexity index is 510. The molecule has 3 N–H and O–H groups in total. The zero-order chi connectivity index (χ0) is 16.1. The van der Waals surface area contributed by atoms with Gasteiger partial charge < -0.3 is 15.8 Å². The second-order valence-electron chi connectivity index (χ2n) is 6.45. The van der Waals surface area contributed by atoms with Gasteiger partial charge in [-0.05, 0) is 44.7 Å². The first-order valence-electron chi connectivity index (χ1n) is 8.53. The van der Waals surface area contributed by atoms with Gasteiger partial charge in [0.2, 0.25) is 5.91 Å². The van der Waals surface area contributed by atoms with Crippen LogP contribution in [0.4, 0.5) is 5.13 Å². The van der Waals surface area contributed by atoms with E-state index in [0.29, 0.717) is 18.3 Å². The van der Waals surface area contributed by atoms with E-state index in [-0.39, 0.29) is 11.8 Å². The lowest BCUT2D eigenvalue weighted by atomic mass is 9.92. The van der Waals surface area contributed by atoms with Gasteiger partial charge in [0.05, 0.1) is 11.7 Å². The van der Waals surface area contributed by atoms with E-state index in [1.165, 1.54) is 30.6 Å². The topological polar surface area (TPSA) is 80.5 Å². The molecule has 0 aromatic carbocycles. The summed E-state index contributed by atoms with van der Waals surface area (Å²) in [5.74, 6) is 0.0762. The van der Waals surface area contributed by atoms with E-state index in [2.05, 4.69) is 15.2 Å². The summed E-state index contributed by atoms with van der Waals surface area (Å²) in [6, 6.07) is -0.478. The highest BCUT2D eigenvalue weighted by Crippen LogP contribution is 2.21. The van der Waals surface area contributed by atoms with Crippen LogP contribution in [0.1, 0.15) is 37.8 Å². The molecular formula is C16H26N4O2S. The first kappa shape index (κ1) is 16.8. The molecule has 2 aliphatic rings. The van der Waals surface area contributed by atoms with Crippen LogP contribution in [0.3, 0.4) is 0 Å². The maximum absolute atomic E-state index is 12.3. The molecule has 1 aromatic heterocycles. The Morgan fingerprint density at radius 1 is 1.39 bits per heavy atom. The van der Waals surface area contributed by atoms with E-state index < -0.39 is 6.04 Å². The van der Waals surface area contributed by atoms with Gasteiger partial charge >= 0.3 is 0 Å². The lowest BCUT2D eigenvalue weighted by Gasteiger charge is -2.26. The standard InChI is InChI=1S/C16H26N4O2S/c17-14(12-4-8-22-9-5-12)15(21)19-16-18-13(11-23-16)10-20-6-2-1-3-7-20/h11-12,14H,1-10,17H2,(H,18,19,21). The second kappa shape index (κ2) is 8.19. The van der Waals surface area contributed by atoms with Gasteiger partial charge in [0.1, 0.15) is 0 Å². The largest absolute Gasteiger partial charge is 0.381 e. The summed E-state index contributed by atoms with van der Waals surface area (Å²) in [5.41, 5.74) is 7.13. The molecule has 0 aliphatic carbocycles. The van der Waals surface area contributed by atoms with E-state index >= 15 is 0 Å². The molecule has 2 saturated heterocycles. The van der Waals surface area contributed by atoms with Crippen molar-refractivity contribution < 1.29 is 9.53 Å². The number of ether oxygens (including phenoxy) is 1. The van der Waals surface area contributed by atoms with E-state index in [9.17, 15) is 4.79 Å². The Balaban J connectivity index is 1.50. The number of nitrogens with two attached hydrogens (primary N) is 1. The number of hydrogen-bond donors (Lipinski definition) is 2. The molecule has 3 heterocycles. The van der Waals surface area contributed by atoms with Crippen molar-refractivity contribution in [3.63, 3.8) is 0 Å². The van der Waals surface area contributed by atoms with Gasteiger partial charge in [0.25, 0.3) is 0 Å². The Morgan fingerprint density at radius 2 is 2.13 bits per heavy atom. The highest BCUT2D eigenvalue weighted by atomic mass is 32.1. The van der Waals surface area contributed by atoms with Crippen molar-refractivity contribution in [2.45, 2.75) is 44.7 Å². The molecule has 2 fully saturated rings. The van der Waals surface area contributed by atoms with Gasteiger partial charge in [-0.3, -0.25) is 9.69 Å². The third kappa shape index (κ3) is 4.73. The molecule has 0 saturated carbocycles. The molecule has 1 aromatic rings. The fourth-order valence-corrected chi connectivity index (χ4v) is 3.97. The number of nitrogens with one attached hydrogen (secondary N) is 1. The first-order chi connectivity index (χ1) is 11.2. The predicted octanol–water partition coefficient (Wildman–Crippen LogP) is 1.82. The third-order valence-corrected chi connectivity index (χ3v) is 5.50. The molecule has 0 radical (unpaired) electrons. The minimum atomic E-state index is -0.478. The van der Waals surface area contributed by atoms with E-state index in [0.717, 1.165) is 38.2 Å². The number of thiazole rings is 1. The van der Waals surface area contributed by atoms with Gasteiger partial charge in [-0.25, -0.2) is 4.98 Å². The van der Waals surface area contributed by atoms with E-state index in [4.69, 9.17) is 10.5 Å². The van der Waals surface area contributed by atoms with Crippen LogP contribution < -0.4 is 11.1 Å². The average molecular weight is 338 g/mol. The molecule has 1 unspecified atom stereocenters. The zero-order valence-electron chi connectivity index (χ0n) is 13.5. The number of rotatable bonds is 5. The molecule has 1 amide bonds. The number of nitrogens with zero attached hydrogens (tertiary/aromatic N) is 2. The maximum atomic E-state index is 12.3. The van der Waals surface area contributed by atoms with Crippen molar-refractivity contribution in [3.05, 3.63) is 11.1 Å². The van der Waals surface area contributed by atoms with Crippen LogP contribution in [0.15, 0.2) is 5.38 Å². The highest BCUT2D eigenvalue weighted by Gasteiger charge is 2.27. The van der Waals surface area contributed by atoms with Gasteiger partial charge in [-0.15, -0.1) is 11.3 Å². The van der Waals surface area contributed by atoms with Crippen LogP contribution in [0.2, 0.25) is 0 Å². The molecule has 0 bridgehead atoms. The summed E-state index contributed by atoms with van der Waals surface area (Å²) >= 11 is 1.48. The number of carbonyl (C=O) groups excluding carboxylic acids is 1. The maximum Gasteiger partial charge on any atom is 0.243 e.